The van der Waals surface area contributed by atoms with Crippen LogP contribution in [0.1, 0.15) is 0 Å². The summed E-state index contributed by atoms with van der Waals surface area (Å²) in [6.07, 6.45) is 1.13. The average molecular weight is 341 g/mol. The lowest BCUT2D eigenvalue weighted by Crippen LogP contribution is -2.10. The number of hydrogen-bond acceptors (Lipinski definition) is 4. The van der Waals surface area contributed by atoms with Crippen molar-refractivity contribution in [2.75, 3.05) is 12.9 Å². The van der Waals surface area contributed by atoms with Gasteiger partial charge < -0.3 is 9.84 Å². The van der Waals surface area contributed by atoms with Gasteiger partial charge in [-0.2, -0.15) is 0 Å². The van der Waals surface area contributed by atoms with Crippen molar-refractivity contribution >= 4 is 27.4 Å². The molecular weight excluding hydrogens is 328 g/mol. The summed E-state index contributed by atoms with van der Waals surface area (Å²) in [7, 11) is -3.28. The second kappa shape index (κ2) is 6.37. The first kappa shape index (κ1) is 16.3. The van der Waals surface area contributed by atoms with Crippen molar-refractivity contribution in [3.05, 3.63) is 47.5 Å². The van der Waals surface area contributed by atoms with Gasteiger partial charge in [0.05, 0.1) is 4.90 Å². The zero-order valence-electron chi connectivity index (χ0n) is 11.6. The van der Waals surface area contributed by atoms with E-state index in [2.05, 4.69) is 0 Å². The average Bonchev–Trinajstić information content (AvgIpc) is 2.45. The van der Waals surface area contributed by atoms with Crippen molar-refractivity contribution in [1.82, 2.24) is 0 Å². The Morgan fingerprint density at radius 3 is 2.36 bits per heavy atom. The summed E-state index contributed by atoms with van der Waals surface area (Å²) >= 11 is 5.97. The summed E-state index contributed by atoms with van der Waals surface area (Å²) in [6.45, 7) is -0.476. The Balaban J connectivity index is 2.42. The molecule has 0 bridgehead atoms. The standard InChI is InChI=1S/C15H13ClO5S/c1-22(19,20)12-5-2-10(3-6-12)13-8-11(16)4-7-14(13)21-9-15(17)18/h2-8H,9H2,1H3,(H,17,18). The highest BCUT2D eigenvalue weighted by Gasteiger charge is 2.11. The van der Waals surface area contributed by atoms with Crippen LogP contribution >= 0.6 is 11.6 Å². The lowest BCUT2D eigenvalue weighted by molar-refractivity contribution is -0.139. The van der Waals surface area contributed by atoms with Crippen LogP contribution in [0.3, 0.4) is 0 Å². The number of aliphatic carboxylic acids is 1. The minimum Gasteiger partial charge on any atom is -0.481 e. The summed E-state index contributed by atoms with van der Waals surface area (Å²) in [6, 6.07) is 11.0. The van der Waals surface area contributed by atoms with E-state index in [0.717, 1.165) is 6.26 Å². The van der Waals surface area contributed by atoms with Crippen molar-refractivity contribution in [2.45, 2.75) is 4.90 Å². The van der Waals surface area contributed by atoms with Gasteiger partial charge in [-0.25, -0.2) is 13.2 Å². The molecular formula is C15H13ClO5S. The van der Waals surface area contributed by atoms with Gasteiger partial charge in [0.15, 0.2) is 16.4 Å². The number of carboxylic acids is 1. The topological polar surface area (TPSA) is 80.7 Å². The van der Waals surface area contributed by atoms with Gasteiger partial charge in [0, 0.05) is 16.8 Å². The molecule has 0 unspecified atom stereocenters. The van der Waals surface area contributed by atoms with Crippen LogP contribution in [-0.2, 0) is 14.6 Å². The molecule has 2 aromatic rings. The Kier molecular flexibility index (Phi) is 4.73. The number of hydrogen-bond donors (Lipinski definition) is 1. The van der Waals surface area contributed by atoms with E-state index in [-0.39, 0.29) is 4.90 Å². The van der Waals surface area contributed by atoms with Gasteiger partial charge in [-0.3, -0.25) is 0 Å². The van der Waals surface area contributed by atoms with Crippen molar-refractivity contribution in [1.29, 1.82) is 0 Å². The van der Waals surface area contributed by atoms with Crippen LogP contribution in [-0.4, -0.2) is 32.4 Å². The molecule has 0 atom stereocenters. The van der Waals surface area contributed by atoms with Gasteiger partial charge in [0.1, 0.15) is 5.75 Å². The molecule has 22 heavy (non-hydrogen) atoms. The molecule has 1 N–H and O–H groups in total. The molecule has 0 amide bonds. The lowest BCUT2D eigenvalue weighted by Gasteiger charge is -2.11. The van der Waals surface area contributed by atoms with Gasteiger partial charge in [-0.15, -0.1) is 0 Å². The van der Waals surface area contributed by atoms with Crippen LogP contribution in [0, 0.1) is 0 Å². The van der Waals surface area contributed by atoms with Crippen LogP contribution < -0.4 is 4.74 Å². The molecule has 0 aromatic heterocycles. The van der Waals surface area contributed by atoms with Crippen molar-refractivity contribution in [2.24, 2.45) is 0 Å². The SMILES string of the molecule is CS(=O)(=O)c1ccc(-c2cc(Cl)ccc2OCC(=O)O)cc1. The number of benzene rings is 2. The summed E-state index contributed by atoms with van der Waals surface area (Å²) in [5.74, 6) is -0.729. The lowest BCUT2D eigenvalue weighted by atomic mass is 10.0. The fraction of sp³-hybridized carbons (Fsp3) is 0.133. The van der Waals surface area contributed by atoms with E-state index < -0.39 is 22.4 Å². The normalized spacial score (nSPS) is 11.2. The van der Waals surface area contributed by atoms with E-state index >= 15 is 0 Å². The first-order valence-corrected chi connectivity index (χ1v) is 8.49. The van der Waals surface area contributed by atoms with E-state index in [0.29, 0.717) is 21.9 Å². The van der Waals surface area contributed by atoms with Gasteiger partial charge in [0.25, 0.3) is 0 Å². The maximum atomic E-state index is 11.5. The minimum absolute atomic E-state index is 0.200. The second-order valence-corrected chi connectivity index (χ2v) is 7.07. The largest absolute Gasteiger partial charge is 0.481 e. The molecule has 7 heteroatoms. The van der Waals surface area contributed by atoms with Crippen molar-refractivity contribution in [3.8, 4) is 16.9 Å². The smallest absolute Gasteiger partial charge is 0.341 e. The highest BCUT2D eigenvalue weighted by Crippen LogP contribution is 2.33. The van der Waals surface area contributed by atoms with Gasteiger partial charge in [0.2, 0.25) is 0 Å². The molecule has 116 valence electrons. The molecule has 0 spiro atoms. The number of sulfone groups is 1. The molecule has 0 aliphatic rings. The van der Waals surface area contributed by atoms with Crippen molar-refractivity contribution in [3.63, 3.8) is 0 Å². The fourth-order valence-electron chi connectivity index (χ4n) is 1.87. The molecule has 0 radical (unpaired) electrons. The maximum Gasteiger partial charge on any atom is 0.341 e. The highest BCUT2D eigenvalue weighted by molar-refractivity contribution is 7.90. The number of rotatable bonds is 5. The Bertz CT molecular complexity index is 797. The van der Waals surface area contributed by atoms with Gasteiger partial charge in [-0.05, 0) is 35.9 Å². The van der Waals surface area contributed by atoms with Crippen LogP contribution in [0.5, 0.6) is 5.75 Å². The van der Waals surface area contributed by atoms with Gasteiger partial charge >= 0.3 is 5.97 Å². The number of halogens is 1. The molecule has 0 fully saturated rings. The van der Waals surface area contributed by atoms with Gasteiger partial charge in [-0.1, -0.05) is 23.7 Å². The predicted molar refractivity (Wildman–Crippen MR) is 83.1 cm³/mol. The first-order valence-electron chi connectivity index (χ1n) is 6.22. The molecule has 2 rings (SSSR count). The van der Waals surface area contributed by atoms with Crippen LogP contribution in [0.15, 0.2) is 47.4 Å². The Morgan fingerprint density at radius 1 is 1.18 bits per heavy atom. The molecule has 5 nitrogen and oxygen atoms in total. The van der Waals surface area contributed by atoms with Crippen LogP contribution in [0.4, 0.5) is 0 Å². The molecule has 0 aliphatic heterocycles. The Morgan fingerprint density at radius 2 is 1.82 bits per heavy atom. The number of ether oxygens (including phenoxy) is 1. The zero-order valence-corrected chi connectivity index (χ0v) is 13.2. The summed E-state index contributed by atoms with van der Waals surface area (Å²) in [4.78, 5) is 10.8. The molecule has 2 aromatic carbocycles. The monoisotopic (exact) mass is 340 g/mol. The summed E-state index contributed by atoms with van der Waals surface area (Å²) in [5, 5.41) is 9.16. The fourth-order valence-corrected chi connectivity index (χ4v) is 2.68. The third-order valence-corrected chi connectivity index (χ3v) is 4.25. The quantitative estimate of drug-likeness (QED) is 0.905. The highest BCUT2D eigenvalue weighted by atomic mass is 35.5. The first-order chi connectivity index (χ1) is 10.3. The summed E-state index contributed by atoms with van der Waals surface area (Å²) < 4.78 is 28.2. The van der Waals surface area contributed by atoms with E-state index in [1.165, 1.54) is 12.1 Å². The van der Waals surface area contributed by atoms with E-state index in [4.69, 9.17) is 21.4 Å². The third kappa shape index (κ3) is 3.99. The second-order valence-electron chi connectivity index (χ2n) is 4.62. The van der Waals surface area contributed by atoms with E-state index in [9.17, 15) is 13.2 Å². The zero-order chi connectivity index (χ0) is 16.3. The number of carbonyl (C=O) groups is 1. The van der Waals surface area contributed by atoms with Crippen LogP contribution in [0.2, 0.25) is 5.02 Å². The maximum absolute atomic E-state index is 11.5. The summed E-state index contributed by atoms with van der Waals surface area (Å²) in [5.41, 5.74) is 1.27. The van der Waals surface area contributed by atoms with Crippen LogP contribution in [0.25, 0.3) is 11.1 Å². The Hall–Kier alpha value is -2.05. The molecule has 0 heterocycles. The van der Waals surface area contributed by atoms with E-state index in [1.807, 2.05) is 0 Å². The third-order valence-electron chi connectivity index (χ3n) is 2.89. The Labute approximate surface area is 133 Å². The molecule has 0 saturated carbocycles. The number of carboxylic acid groups (broad SMARTS) is 1. The molecule has 0 saturated heterocycles. The minimum atomic E-state index is -3.28. The van der Waals surface area contributed by atoms with E-state index in [1.54, 1.807) is 30.3 Å². The predicted octanol–water partition coefficient (Wildman–Crippen LogP) is 2.87. The molecule has 0 aliphatic carbocycles. The van der Waals surface area contributed by atoms with Crippen molar-refractivity contribution < 1.29 is 23.1 Å².